The summed E-state index contributed by atoms with van der Waals surface area (Å²) in [5, 5.41) is 17.7. The van der Waals surface area contributed by atoms with Crippen molar-refractivity contribution >= 4 is 5.65 Å². The minimum absolute atomic E-state index is 0.0337. The van der Waals surface area contributed by atoms with Crippen LogP contribution >= 0.6 is 0 Å². The Balaban J connectivity index is 1.31. The molecule has 4 aromatic rings. The summed E-state index contributed by atoms with van der Waals surface area (Å²) in [4.78, 5) is 14.2. The van der Waals surface area contributed by atoms with Gasteiger partial charge in [-0.3, -0.25) is 9.69 Å². The van der Waals surface area contributed by atoms with E-state index in [1.165, 1.54) is 0 Å². The first kappa shape index (κ1) is 17.7. The summed E-state index contributed by atoms with van der Waals surface area (Å²) in [6, 6.07) is 9.43. The minimum Gasteiger partial charge on any atom is -0.319 e. The van der Waals surface area contributed by atoms with Crippen molar-refractivity contribution in [2.75, 3.05) is 13.1 Å². The molecule has 4 aromatic heterocycles. The molecule has 148 valence electrons. The molecule has 9 nitrogen and oxygen atoms in total. The number of fused-ring (bicyclic) bond motifs is 1. The van der Waals surface area contributed by atoms with Crippen LogP contribution in [0, 0.1) is 0 Å². The summed E-state index contributed by atoms with van der Waals surface area (Å²) in [6.07, 6.45) is 7.40. The second-order valence-corrected chi connectivity index (χ2v) is 7.50. The Morgan fingerprint density at radius 3 is 2.72 bits per heavy atom. The van der Waals surface area contributed by atoms with Gasteiger partial charge in [-0.15, -0.1) is 15.3 Å². The van der Waals surface area contributed by atoms with Crippen molar-refractivity contribution in [1.82, 2.24) is 39.1 Å². The van der Waals surface area contributed by atoms with Crippen LogP contribution in [0.1, 0.15) is 30.1 Å². The average Bonchev–Trinajstić information content (AvgIpc) is 3.41. The number of hydrogen-bond acceptors (Lipinski definition) is 6. The van der Waals surface area contributed by atoms with Crippen LogP contribution in [0.5, 0.6) is 0 Å². The molecule has 1 fully saturated rings. The van der Waals surface area contributed by atoms with E-state index in [1.807, 2.05) is 41.2 Å². The van der Waals surface area contributed by atoms with Gasteiger partial charge in [0.15, 0.2) is 17.3 Å². The zero-order valence-corrected chi connectivity index (χ0v) is 16.2. The van der Waals surface area contributed by atoms with E-state index < -0.39 is 0 Å². The van der Waals surface area contributed by atoms with E-state index >= 15 is 0 Å². The molecule has 29 heavy (non-hydrogen) atoms. The Labute approximate surface area is 167 Å². The maximum atomic E-state index is 11.8. The molecular formula is C20H22N8O. The zero-order chi connectivity index (χ0) is 19.8. The fourth-order valence-corrected chi connectivity index (χ4v) is 3.87. The molecule has 0 saturated carbocycles. The molecule has 0 bridgehead atoms. The number of aryl methyl sites for hydroxylation is 1. The first-order valence-corrected chi connectivity index (χ1v) is 9.78. The Morgan fingerprint density at radius 1 is 1.10 bits per heavy atom. The van der Waals surface area contributed by atoms with E-state index in [1.54, 1.807) is 28.6 Å². The van der Waals surface area contributed by atoms with Gasteiger partial charge < -0.3 is 4.57 Å². The summed E-state index contributed by atoms with van der Waals surface area (Å²) in [7, 11) is 1.77. The smallest absolute Gasteiger partial charge is 0.250 e. The van der Waals surface area contributed by atoms with Crippen LogP contribution in [-0.4, -0.2) is 52.1 Å². The Morgan fingerprint density at radius 2 is 1.97 bits per heavy atom. The van der Waals surface area contributed by atoms with Crippen LogP contribution in [0.25, 0.3) is 11.5 Å². The largest absolute Gasteiger partial charge is 0.319 e. The van der Waals surface area contributed by atoms with Crippen LogP contribution in [0.15, 0.2) is 53.7 Å². The molecular weight excluding hydrogens is 368 g/mol. The highest BCUT2D eigenvalue weighted by atomic mass is 16.1. The fraction of sp³-hybridized carbons (Fsp3) is 0.350. The summed E-state index contributed by atoms with van der Waals surface area (Å²) in [6.45, 7) is 2.70. The highest BCUT2D eigenvalue weighted by molar-refractivity contribution is 5.39. The number of likely N-dealkylation sites (tertiary alicyclic amines) is 1. The van der Waals surface area contributed by atoms with Gasteiger partial charge in [-0.2, -0.15) is 9.61 Å². The van der Waals surface area contributed by atoms with Crippen molar-refractivity contribution in [2.45, 2.75) is 25.3 Å². The maximum absolute atomic E-state index is 11.8. The van der Waals surface area contributed by atoms with Gasteiger partial charge in [0.2, 0.25) is 0 Å². The van der Waals surface area contributed by atoms with E-state index in [0.29, 0.717) is 5.92 Å². The summed E-state index contributed by atoms with van der Waals surface area (Å²) in [5.74, 6) is 1.96. The van der Waals surface area contributed by atoms with Gasteiger partial charge in [0.05, 0.1) is 0 Å². The summed E-state index contributed by atoms with van der Waals surface area (Å²) >= 11 is 0. The second kappa shape index (κ2) is 7.25. The Hall–Kier alpha value is -3.33. The monoisotopic (exact) mass is 390 g/mol. The predicted octanol–water partition coefficient (Wildman–Crippen LogP) is 1.39. The van der Waals surface area contributed by atoms with E-state index in [2.05, 4.69) is 20.2 Å². The molecule has 0 spiro atoms. The number of piperidine rings is 1. The molecule has 5 rings (SSSR count). The van der Waals surface area contributed by atoms with E-state index in [0.717, 1.165) is 55.3 Å². The second-order valence-electron chi connectivity index (χ2n) is 7.50. The lowest BCUT2D eigenvalue weighted by Gasteiger charge is -2.31. The SMILES string of the molecule is Cn1ccc(CN2CCC(c3nnc4ccc(-n5cccn5)nn34)CC2)cc1=O. The molecule has 5 heterocycles. The zero-order valence-electron chi connectivity index (χ0n) is 16.2. The molecule has 0 atom stereocenters. The van der Waals surface area contributed by atoms with Gasteiger partial charge >= 0.3 is 0 Å². The first-order chi connectivity index (χ1) is 14.2. The van der Waals surface area contributed by atoms with Crippen LogP contribution in [0.4, 0.5) is 0 Å². The highest BCUT2D eigenvalue weighted by Crippen LogP contribution is 2.27. The molecule has 0 amide bonds. The van der Waals surface area contributed by atoms with Gasteiger partial charge in [0, 0.05) is 44.2 Å². The summed E-state index contributed by atoms with van der Waals surface area (Å²) in [5.41, 5.74) is 1.84. The van der Waals surface area contributed by atoms with E-state index in [9.17, 15) is 4.79 Å². The molecule has 1 saturated heterocycles. The number of hydrogen-bond donors (Lipinski definition) is 0. The highest BCUT2D eigenvalue weighted by Gasteiger charge is 2.25. The fourth-order valence-electron chi connectivity index (χ4n) is 3.87. The number of rotatable bonds is 4. The first-order valence-electron chi connectivity index (χ1n) is 9.78. The third-order valence-corrected chi connectivity index (χ3v) is 5.54. The predicted molar refractivity (Wildman–Crippen MR) is 107 cm³/mol. The van der Waals surface area contributed by atoms with Crippen LogP contribution in [-0.2, 0) is 13.6 Å². The van der Waals surface area contributed by atoms with Crippen molar-refractivity contribution in [3.63, 3.8) is 0 Å². The molecule has 0 aromatic carbocycles. The van der Waals surface area contributed by atoms with E-state index in [4.69, 9.17) is 5.10 Å². The lowest BCUT2D eigenvalue weighted by molar-refractivity contribution is 0.200. The molecule has 1 aliphatic rings. The van der Waals surface area contributed by atoms with E-state index in [-0.39, 0.29) is 5.56 Å². The normalized spacial score (nSPS) is 15.9. The number of nitrogens with zero attached hydrogens (tertiary/aromatic N) is 8. The van der Waals surface area contributed by atoms with Crippen molar-refractivity contribution in [3.8, 4) is 5.82 Å². The van der Waals surface area contributed by atoms with Crippen LogP contribution < -0.4 is 5.56 Å². The third-order valence-electron chi connectivity index (χ3n) is 5.54. The molecule has 1 aliphatic heterocycles. The van der Waals surface area contributed by atoms with Crippen LogP contribution in [0.2, 0.25) is 0 Å². The molecule has 9 heteroatoms. The quantitative estimate of drug-likeness (QED) is 0.523. The average molecular weight is 390 g/mol. The number of pyridine rings is 1. The van der Waals surface area contributed by atoms with Gasteiger partial charge in [-0.25, -0.2) is 4.68 Å². The molecule has 0 unspecified atom stereocenters. The third kappa shape index (κ3) is 3.44. The lowest BCUT2D eigenvalue weighted by Crippen LogP contribution is -2.33. The molecule has 0 N–H and O–H groups in total. The number of aromatic nitrogens is 7. The Bertz CT molecular complexity index is 1180. The van der Waals surface area contributed by atoms with Gasteiger partial charge in [-0.05, 0) is 55.8 Å². The van der Waals surface area contributed by atoms with Crippen molar-refractivity contribution in [2.24, 2.45) is 7.05 Å². The van der Waals surface area contributed by atoms with Gasteiger partial charge in [0.1, 0.15) is 0 Å². The minimum atomic E-state index is 0.0337. The maximum Gasteiger partial charge on any atom is 0.250 e. The van der Waals surface area contributed by atoms with Gasteiger partial charge in [-0.1, -0.05) is 0 Å². The topological polar surface area (TPSA) is 86.1 Å². The van der Waals surface area contributed by atoms with Crippen molar-refractivity contribution in [1.29, 1.82) is 0 Å². The van der Waals surface area contributed by atoms with Gasteiger partial charge in [0.25, 0.3) is 5.56 Å². The standard InChI is InChI=1S/C20H22N8O/c1-25-10-5-15(13-19(25)29)14-26-11-6-16(7-12-26)20-23-22-17-3-4-18(24-28(17)20)27-9-2-8-21-27/h2-5,8-10,13,16H,6-7,11-12,14H2,1H3. The van der Waals surface area contributed by atoms with Crippen LogP contribution in [0.3, 0.4) is 0 Å². The Kier molecular flexibility index (Phi) is 4.44. The summed E-state index contributed by atoms with van der Waals surface area (Å²) < 4.78 is 5.17. The molecule has 0 radical (unpaired) electrons. The van der Waals surface area contributed by atoms with Crippen molar-refractivity contribution < 1.29 is 0 Å². The van der Waals surface area contributed by atoms with Crippen molar-refractivity contribution in [3.05, 3.63) is 70.7 Å². The molecule has 0 aliphatic carbocycles. The lowest BCUT2D eigenvalue weighted by atomic mass is 9.96.